The summed E-state index contributed by atoms with van der Waals surface area (Å²) in [6.07, 6.45) is 2.26. The van der Waals surface area contributed by atoms with Crippen LogP contribution in [0.5, 0.6) is 0 Å². The van der Waals surface area contributed by atoms with Crippen molar-refractivity contribution in [3.8, 4) is 0 Å². The SMILES string of the molecule is NC(=O)c1ccsc1NC(=O)C[NH+]1CCC[C@H]1c1cccs1. The van der Waals surface area contributed by atoms with Crippen LogP contribution in [-0.4, -0.2) is 24.9 Å². The third kappa shape index (κ3) is 3.21. The molecule has 7 heteroatoms. The first kappa shape index (κ1) is 15.2. The van der Waals surface area contributed by atoms with Crippen LogP contribution in [0.2, 0.25) is 0 Å². The molecule has 2 atom stereocenters. The normalized spacial score (nSPS) is 20.9. The van der Waals surface area contributed by atoms with Crippen LogP contribution in [0.3, 0.4) is 0 Å². The molecule has 5 nitrogen and oxygen atoms in total. The second kappa shape index (κ2) is 6.60. The second-order valence-corrected chi connectivity index (χ2v) is 7.27. The lowest BCUT2D eigenvalue weighted by Crippen LogP contribution is -3.11. The Labute approximate surface area is 136 Å². The topological polar surface area (TPSA) is 76.6 Å². The van der Waals surface area contributed by atoms with E-state index in [1.807, 2.05) is 0 Å². The molecule has 3 rings (SSSR count). The number of thiophene rings is 2. The van der Waals surface area contributed by atoms with E-state index in [4.69, 9.17) is 5.73 Å². The molecule has 0 aliphatic carbocycles. The van der Waals surface area contributed by atoms with Crippen LogP contribution in [-0.2, 0) is 4.79 Å². The average Bonchev–Trinajstić information content (AvgIpc) is 3.18. The first-order chi connectivity index (χ1) is 10.6. The highest BCUT2D eigenvalue weighted by Crippen LogP contribution is 2.24. The number of primary amides is 1. The van der Waals surface area contributed by atoms with E-state index < -0.39 is 5.91 Å². The van der Waals surface area contributed by atoms with Crippen LogP contribution in [0, 0.1) is 0 Å². The van der Waals surface area contributed by atoms with Crippen molar-refractivity contribution in [1.29, 1.82) is 0 Å². The van der Waals surface area contributed by atoms with E-state index in [-0.39, 0.29) is 5.91 Å². The second-order valence-electron chi connectivity index (χ2n) is 5.37. The van der Waals surface area contributed by atoms with Gasteiger partial charge in [-0.1, -0.05) is 6.07 Å². The van der Waals surface area contributed by atoms with E-state index in [0.717, 1.165) is 19.4 Å². The smallest absolute Gasteiger partial charge is 0.280 e. The van der Waals surface area contributed by atoms with Gasteiger partial charge in [0, 0.05) is 12.8 Å². The maximum atomic E-state index is 12.3. The number of likely N-dealkylation sites (tertiary alicyclic amines) is 1. The van der Waals surface area contributed by atoms with Crippen LogP contribution >= 0.6 is 22.7 Å². The monoisotopic (exact) mass is 336 g/mol. The van der Waals surface area contributed by atoms with Gasteiger partial charge in [0.05, 0.1) is 17.0 Å². The molecule has 0 saturated carbocycles. The number of quaternary nitrogens is 1. The minimum absolute atomic E-state index is 0.0663. The number of amides is 2. The number of hydrogen-bond acceptors (Lipinski definition) is 4. The van der Waals surface area contributed by atoms with Crippen LogP contribution in [0.4, 0.5) is 5.00 Å². The van der Waals surface area contributed by atoms with Gasteiger partial charge < -0.3 is 16.0 Å². The molecule has 0 bridgehead atoms. The number of anilines is 1. The van der Waals surface area contributed by atoms with Crippen LogP contribution < -0.4 is 16.0 Å². The molecule has 0 aromatic carbocycles. The summed E-state index contributed by atoms with van der Waals surface area (Å²) >= 11 is 3.07. The van der Waals surface area contributed by atoms with E-state index in [1.165, 1.54) is 21.1 Å². The number of carbonyl (C=O) groups excluding carboxylic acids is 2. The van der Waals surface area contributed by atoms with Gasteiger partial charge in [0.15, 0.2) is 6.54 Å². The molecule has 1 saturated heterocycles. The van der Waals surface area contributed by atoms with Gasteiger partial charge in [-0.2, -0.15) is 0 Å². The molecule has 3 heterocycles. The fraction of sp³-hybridized carbons (Fsp3) is 0.333. The molecule has 4 N–H and O–H groups in total. The third-order valence-electron chi connectivity index (χ3n) is 3.94. The third-order valence-corrected chi connectivity index (χ3v) is 5.76. The molecule has 1 aliphatic rings. The molecule has 0 spiro atoms. The Morgan fingerprint density at radius 1 is 1.32 bits per heavy atom. The Kier molecular flexibility index (Phi) is 4.56. The van der Waals surface area contributed by atoms with Crippen molar-refractivity contribution in [2.45, 2.75) is 18.9 Å². The maximum absolute atomic E-state index is 12.3. The zero-order chi connectivity index (χ0) is 15.5. The van der Waals surface area contributed by atoms with Gasteiger partial charge in [-0.15, -0.1) is 22.7 Å². The molecule has 1 fully saturated rings. The van der Waals surface area contributed by atoms with Crippen molar-refractivity contribution in [1.82, 2.24) is 0 Å². The minimum Gasteiger partial charge on any atom is -0.366 e. The summed E-state index contributed by atoms with van der Waals surface area (Å²) in [5.41, 5.74) is 5.68. The molecule has 1 aliphatic heterocycles. The summed E-state index contributed by atoms with van der Waals surface area (Å²) in [7, 11) is 0. The van der Waals surface area contributed by atoms with Crippen molar-refractivity contribution >= 4 is 39.5 Å². The lowest BCUT2D eigenvalue weighted by atomic mass is 10.2. The Morgan fingerprint density at radius 3 is 2.91 bits per heavy atom. The van der Waals surface area contributed by atoms with Crippen LogP contribution in [0.25, 0.3) is 0 Å². The number of carbonyl (C=O) groups is 2. The van der Waals surface area contributed by atoms with E-state index in [2.05, 4.69) is 22.8 Å². The molecule has 2 amide bonds. The van der Waals surface area contributed by atoms with Crippen molar-refractivity contribution in [3.05, 3.63) is 39.4 Å². The van der Waals surface area contributed by atoms with E-state index in [0.29, 0.717) is 23.2 Å². The molecule has 1 unspecified atom stereocenters. The molecule has 2 aromatic heterocycles. The zero-order valence-electron chi connectivity index (χ0n) is 12.0. The fourth-order valence-electron chi connectivity index (χ4n) is 2.93. The van der Waals surface area contributed by atoms with Crippen LogP contribution in [0.15, 0.2) is 29.0 Å². The summed E-state index contributed by atoms with van der Waals surface area (Å²) in [5, 5.41) is 7.21. The van der Waals surface area contributed by atoms with Crippen LogP contribution in [0.1, 0.15) is 34.1 Å². The highest BCUT2D eigenvalue weighted by atomic mass is 32.1. The van der Waals surface area contributed by atoms with Crippen molar-refractivity contribution in [3.63, 3.8) is 0 Å². The summed E-state index contributed by atoms with van der Waals surface area (Å²) in [6, 6.07) is 6.24. The number of nitrogens with two attached hydrogens (primary N) is 1. The largest absolute Gasteiger partial charge is 0.366 e. The van der Waals surface area contributed by atoms with Gasteiger partial charge in [0.2, 0.25) is 0 Å². The summed E-state index contributed by atoms with van der Waals surface area (Å²) < 4.78 is 0. The standard InChI is InChI=1S/C15H17N3O2S2/c16-14(20)10-5-8-22-15(10)17-13(19)9-18-6-1-3-11(18)12-4-2-7-21-12/h2,4-5,7-8,11H,1,3,6,9H2,(H2,16,20)(H,17,19)/p+1/t11-/m0/s1. The Bertz CT molecular complexity index is 666. The number of rotatable bonds is 5. The van der Waals surface area contributed by atoms with Gasteiger partial charge in [0.1, 0.15) is 11.0 Å². The highest BCUT2D eigenvalue weighted by molar-refractivity contribution is 7.14. The summed E-state index contributed by atoms with van der Waals surface area (Å²) in [6.45, 7) is 1.42. The van der Waals surface area contributed by atoms with Crippen molar-refractivity contribution < 1.29 is 14.5 Å². The first-order valence-electron chi connectivity index (χ1n) is 7.20. The molecule has 0 radical (unpaired) electrons. The van der Waals surface area contributed by atoms with Gasteiger partial charge in [0.25, 0.3) is 11.8 Å². The Hall–Kier alpha value is -1.70. The minimum atomic E-state index is -0.512. The zero-order valence-corrected chi connectivity index (χ0v) is 13.6. The molecular weight excluding hydrogens is 318 g/mol. The lowest BCUT2D eigenvalue weighted by molar-refractivity contribution is -0.910. The Balaban J connectivity index is 1.64. The van der Waals surface area contributed by atoms with E-state index in [9.17, 15) is 9.59 Å². The molecule has 116 valence electrons. The maximum Gasteiger partial charge on any atom is 0.280 e. The number of nitrogens with one attached hydrogen (secondary N) is 2. The summed E-state index contributed by atoms with van der Waals surface area (Å²) in [4.78, 5) is 26.2. The quantitative estimate of drug-likeness (QED) is 0.769. The van der Waals surface area contributed by atoms with Gasteiger partial charge >= 0.3 is 0 Å². The molecular formula is C15H18N3O2S2+. The lowest BCUT2D eigenvalue weighted by Gasteiger charge is -2.19. The van der Waals surface area contributed by atoms with Crippen molar-refractivity contribution in [2.75, 3.05) is 18.4 Å². The first-order valence-corrected chi connectivity index (χ1v) is 8.96. The van der Waals surface area contributed by atoms with E-state index >= 15 is 0 Å². The van der Waals surface area contributed by atoms with Gasteiger partial charge in [-0.3, -0.25) is 9.59 Å². The fourth-order valence-corrected chi connectivity index (χ4v) is 4.66. The molecule has 2 aromatic rings. The average molecular weight is 336 g/mol. The summed E-state index contributed by atoms with van der Waals surface area (Å²) in [5.74, 6) is -0.579. The van der Waals surface area contributed by atoms with Crippen molar-refractivity contribution in [2.24, 2.45) is 5.73 Å². The predicted octanol–water partition coefficient (Wildman–Crippen LogP) is 1.27. The Morgan fingerprint density at radius 2 is 2.18 bits per heavy atom. The predicted molar refractivity (Wildman–Crippen MR) is 88.5 cm³/mol. The van der Waals surface area contributed by atoms with Gasteiger partial charge in [-0.05, 0) is 22.9 Å². The highest BCUT2D eigenvalue weighted by Gasteiger charge is 2.32. The number of hydrogen-bond donors (Lipinski definition) is 3. The van der Waals surface area contributed by atoms with Gasteiger partial charge in [-0.25, -0.2) is 0 Å². The molecule has 22 heavy (non-hydrogen) atoms. The van der Waals surface area contributed by atoms with E-state index in [1.54, 1.807) is 22.8 Å².